The lowest BCUT2D eigenvalue weighted by atomic mass is 10.0. The van der Waals surface area contributed by atoms with Crippen LogP contribution >= 0.6 is 0 Å². The monoisotopic (exact) mass is 344 g/mol. The van der Waals surface area contributed by atoms with Gasteiger partial charge in [0.25, 0.3) is 0 Å². The maximum Gasteiger partial charge on any atom is 0.143 e. The first-order valence-corrected chi connectivity index (χ1v) is 8.24. The topological polar surface area (TPSA) is 26.3 Å². The van der Waals surface area contributed by atoms with Crippen LogP contribution in [0, 0.1) is 11.6 Å². The molecule has 2 nitrogen and oxygen atoms in total. The summed E-state index contributed by atoms with van der Waals surface area (Å²) in [6.07, 6.45) is 0. The Labute approximate surface area is 145 Å². The molecule has 2 aromatic heterocycles. The van der Waals surface area contributed by atoms with Crippen molar-refractivity contribution in [1.29, 1.82) is 0 Å². The molecule has 0 spiro atoms. The lowest BCUT2D eigenvalue weighted by Gasteiger charge is -2.00. The fraction of sp³-hybridized carbons (Fsp3) is 0. The standard InChI is InChI=1S/C22H10F2O2/c23-11-1-7-19-17(9-11)15-5-3-14-13(21(15)25-19)4-6-16-18-10-12(24)2-8-20(18)26-22(14)16/h1-10H. The zero-order chi connectivity index (χ0) is 17.4. The largest absolute Gasteiger partial charge is 0.455 e. The van der Waals surface area contributed by atoms with Crippen LogP contribution in [0.15, 0.2) is 69.5 Å². The number of rotatable bonds is 0. The van der Waals surface area contributed by atoms with Crippen LogP contribution in [0.4, 0.5) is 8.78 Å². The summed E-state index contributed by atoms with van der Waals surface area (Å²) in [6, 6.07) is 16.7. The Hall–Kier alpha value is -3.40. The zero-order valence-corrected chi connectivity index (χ0v) is 13.3. The van der Waals surface area contributed by atoms with E-state index >= 15 is 0 Å². The molecule has 2 heterocycles. The summed E-state index contributed by atoms with van der Waals surface area (Å²) in [5.41, 5.74) is 2.66. The van der Waals surface area contributed by atoms with Gasteiger partial charge in [0.05, 0.1) is 0 Å². The fourth-order valence-electron chi connectivity index (χ4n) is 3.82. The van der Waals surface area contributed by atoms with Gasteiger partial charge in [-0.25, -0.2) is 8.78 Å². The molecule has 0 aliphatic carbocycles. The van der Waals surface area contributed by atoms with E-state index < -0.39 is 0 Å². The number of fused-ring (bicyclic) bond motifs is 9. The average molecular weight is 344 g/mol. The zero-order valence-electron chi connectivity index (χ0n) is 13.3. The highest BCUT2D eigenvalue weighted by Gasteiger charge is 2.15. The molecule has 124 valence electrons. The number of hydrogen-bond acceptors (Lipinski definition) is 2. The lowest BCUT2D eigenvalue weighted by molar-refractivity contribution is 0.626. The van der Waals surface area contributed by atoms with Crippen LogP contribution in [0.1, 0.15) is 0 Å². The van der Waals surface area contributed by atoms with E-state index in [1.165, 1.54) is 24.3 Å². The Bertz CT molecular complexity index is 1390. The highest BCUT2D eigenvalue weighted by Crippen LogP contribution is 2.39. The molecule has 4 aromatic carbocycles. The van der Waals surface area contributed by atoms with Crippen molar-refractivity contribution in [2.24, 2.45) is 0 Å². The maximum absolute atomic E-state index is 13.6. The molecule has 0 aliphatic heterocycles. The second-order valence-corrected chi connectivity index (χ2v) is 6.46. The molecule has 0 aliphatic rings. The Morgan fingerprint density at radius 1 is 0.462 bits per heavy atom. The summed E-state index contributed by atoms with van der Waals surface area (Å²) < 4.78 is 39.2. The molecule has 0 radical (unpaired) electrons. The van der Waals surface area contributed by atoms with Gasteiger partial charge in [-0.3, -0.25) is 0 Å². The summed E-state index contributed by atoms with van der Waals surface area (Å²) in [6.45, 7) is 0. The SMILES string of the molecule is Fc1ccc2oc3c(ccc4c3ccc3c5cc(F)ccc5oc34)c2c1. The van der Waals surface area contributed by atoms with Gasteiger partial charge in [0.15, 0.2) is 0 Å². The molecule has 6 aromatic rings. The normalized spacial score (nSPS) is 12.2. The van der Waals surface area contributed by atoms with E-state index in [1.54, 1.807) is 12.1 Å². The molecule has 26 heavy (non-hydrogen) atoms. The molecular weight excluding hydrogens is 334 g/mol. The molecule has 0 N–H and O–H groups in total. The minimum atomic E-state index is -0.296. The van der Waals surface area contributed by atoms with Crippen molar-refractivity contribution in [3.05, 3.63) is 72.3 Å². The van der Waals surface area contributed by atoms with Crippen LogP contribution < -0.4 is 0 Å². The van der Waals surface area contributed by atoms with Crippen molar-refractivity contribution in [3.8, 4) is 0 Å². The van der Waals surface area contributed by atoms with Gasteiger partial charge in [0.2, 0.25) is 0 Å². The smallest absolute Gasteiger partial charge is 0.143 e. The molecule has 0 fully saturated rings. The lowest BCUT2D eigenvalue weighted by Crippen LogP contribution is -1.76. The molecule has 6 rings (SSSR count). The summed E-state index contributed by atoms with van der Waals surface area (Å²) in [5, 5.41) is 4.96. The third-order valence-electron chi connectivity index (χ3n) is 4.99. The highest BCUT2D eigenvalue weighted by atomic mass is 19.1. The summed E-state index contributed by atoms with van der Waals surface area (Å²) >= 11 is 0. The van der Waals surface area contributed by atoms with E-state index in [0.29, 0.717) is 22.3 Å². The summed E-state index contributed by atoms with van der Waals surface area (Å²) in [5.74, 6) is -0.592. The maximum atomic E-state index is 13.6. The van der Waals surface area contributed by atoms with Gasteiger partial charge in [0, 0.05) is 32.3 Å². The van der Waals surface area contributed by atoms with Crippen molar-refractivity contribution < 1.29 is 17.6 Å². The van der Waals surface area contributed by atoms with Crippen LogP contribution in [-0.4, -0.2) is 0 Å². The van der Waals surface area contributed by atoms with Crippen molar-refractivity contribution in [1.82, 2.24) is 0 Å². The Morgan fingerprint density at radius 3 is 1.27 bits per heavy atom. The summed E-state index contributed by atoms with van der Waals surface area (Å²) in [4.78, 5) is 0. The quantitative estimate of drug-likeness (QED) is 0.299. The second kappa shape index (κ2) is 4.61. The Morgan fingerprint density at radius 2 is 0.846 bits per heavy atom. The van der Waals surface area contributed by atoms with Gasteiger partial charge in [0.1, 0.15) is 34.0 Å². The minimum Gasteiger partial charge on any atom is -0.455 e. The third kappa shape index (κ3) is 1.68. The van der Waals surface area contributed by atoms with E-state index in [2.05, 4.69) is 0 Å². The van der Waals surface area contributed by atoms with Crippen molar-refractivity contribution in [3.63, 3.8) is 0 Å². The van der Waals surface area contributed by atoms with E-state index in [4.69, 9.17) is 8.83 Å². The first kappa shape index (κ1) is 13.8. The second-order valence-electron chi connectivity index (χ2n) is 6.46. The van der Waals surface area contributed by atoms with E-state index in [1.807, 2.05) is 24.3 Å². The van der Waals surface area contributed by atoms with Gasteiger partial charge in [-0.1, -0.05) is 0 Å². The Balaban J connectivity index is 1.81. The third-order valence-corrected chi connectivity index (χ3v) is 4.99. The molecule has 0 saturated carbocycles. The number of benzene rings is 4. The average Bonchev–Trinajstić information content (AvgIpc) is 3.19. The molecule has 0 amide bonds. The fourth-order valence-corrected chi connectivity index (χ4v) is 3.82. The van der Waals surface area contributed by atoms with Crippen LogP contribution in [-0.2, 0) is 0 Å². The summed E-state index contributed by atoms with van der Waals surface area (Å²) in [7, 11) is 0. The number of furan rings is 2. The van der Waals surface area contributed by atoms with Crippen LogP contribution in [0.2, 0.25) is 0 Å². The van der Waals surface area contributed by atoms with Crippen LogP contribution in [0.25, 0.3) is 54.6 Å². The molecule has 0 unspecified atom stereocenters. The van der Waals surface area contributed by atoms with Gasteiger partial charge in [-0.15, -0.1) is 0 Å². The van der Waals surface area contributed by atoms with Gasteiger partial charge in [-0.2, -0.15) is 0 Å². The van der Waals surface area contributed by atoms with Gasteiger partial charge < -0.3 is 8.83 Å². The van der Waals surface area contributed by atoms with Gasteiger partial charge >= 0.3 is 0 Å². The van der Waals surface area contributed by atoms with E-state index in [0.717, 1.165) is 32.3 Å². The number of halogens is 2. The van der Waals surface area contributed by atoms with Crippen LogP contribution in [0.5, 0.6) is 0 Å². The molecular formula is C22H10F2O2. The predicted octanol–water partition coefficient (Wildman–Crippen LogP) is 6.92. The first-order valence-electron chi connectivity index (χ1n) is 8.24. The van der Waals surface area contributed by atoms with E-state index in [9.17, 15) is 8.78 Å². The Kier molecular flexibility index (Phi) is 2.45. The molecule has 4 heteroatoms. The predicted molar refractivity (Wildman–Crippen MR) is 98.4 cm³/mol. The molecule has 0 saturated heterocycles. The van der Waals surface area contributed by atoms with Crippen molar-refractivity contribution in [2.45, 2.75) is 0 Å². The van der Waals surface area contributed by atoms with E-state index in [-0.39, 0.29) is 11.6 Å². The first-order chi connectivity index (χ1) is 12.7. The van der Waals surface area contributed by atoms with Crippen molar-refractivity contribution in [2.75, 3.05) is 0 Å². The van der Waals surface area contributed by atoms with Gasteiger partial charge in [-0.05, 0) is 60.7 Å². The minimum absolute atomic E-state index is 0.296. The molecule has 0 bridgehead atoms. The number of hydrogen-bond donors (Lipinski definition) is 0. The highest BCUT2D eigenvalue weighted by molar-refractivity contribution is 6.22. The van der Waals surface area contributed by atoms with Crippen molar-refractivity contribution >= 4 is 54.6 Å². The molecule has 0 atom stereocenters. The van der Waals surface area contributed by atoms with Crippen LogP contribution in [0.3, 0.4) is 0 Å².